The summed E-state index contributed by atoms with van der Waals surface area (Å²) in [6.45, 7) is 1.81. The molecule has 4 nitrogen and oxygen atoms in total. The molecule has 2 aromatic carbocycles. The topological polar surface area (TPSA) is 56.3 Å². The van der Waals surface area contributed by atoms with Crippen molar-refractivity contribution in [1.29, 1.82) is 0 Å². The van der Waals surface area contributed by atoms with Crippen molar-refractivity contribution in [3.8, 4) is 11.3 Å². The fraction of sp³-hybridized carbons (Fsp3) is 0.400. The van der Waals surface area contributed by atoms with Gasteiger partial charge >= 0.3 is 0 Å². The van der Waals surface area contributed by atoms with Crippen molar-refractivity contribution in [2.75, 3.05) is 19.7 Å². The number of nitrogens with zero attached hydrogens (tertiary/aromatic N) is 1. The smallest absolute Gasteiger partial charge is 0.209 e. The lowest BCUT2D eigenvalue weighted by molar-refractivity contribution is -0.120. The molecule has 0 bridgehead atoms. The average Bonchev–Trinajstić information content (AvgIpc) is 3.13. The number of carbonyl (C=O) groups excluding carboxylic acids is 1. The lowest BCUT2D eigenvalue weighted by Crippen LogP contribution is -2.35. The molecular formula is C25H27F3N2O2. The van der Waals surface area contributed by atoms with Crippen molar-refractivity contribution < 1.29 is 23.1 Å². The van der Waals surface area contributed by atoms with Crippen LogP contribution in [0.4, 0.5) is 13.2 Å². The van der Waals surface area contributed by atoms with E-state index in [-0.39, 0.29) is 12.4 Å². The van der Waals surface area contributed by atoms with Crippen LogP contribution in [0.1, 0.15) is 43.6 Å². The van der Waals surface area contributed by atoms with Crippen LogP contribution in [-0.4, -0.2) is 41.1 Å². The number of H-pyrrole nitrogens is 1. The van der Waals surface area contributed by atoms with Gasteiger partial charge in [0.2, 0.25) is 6.41 Å². The molecule has 5 rings (SSSR count). The summed E-state index contributed by atoms with van der Waals surface area (Å²) in [5.41, 5.74) is 2.83. The molecule has 2 aliphatic rings. The minimum Gasteiger partial charge on any atom is -0.396 e. The third kappa shape index (κ3) is 4.67. The number of hydrogen-bond acceptors (Lipinski definition) is 2. The molecule has 3 aromatic rings. The Morgan fingerprint density at radius 3 is 2.41 bits per heavy atom. The number of aromatic amines is 1. The van der Waals surface area contributed by atoms with Crippen LogP contribution in [0.2, 0.25) is 0 Å². The van der Waals surface area contributed by atoms with Gasteiger partial charge in [-0.3, -0.25) is 4.79 Å². The van der Waals surface area contributed by atoms with Crippen molar-refractivity contribution >= 4 is 17.3 Å². The predicted molar refractivity (Wildman–Crippen MR) is 118 cm³/mol. The Morgan fingerprint density at radius 2 is 1.78 bits per heavy atom. The van der Waals surface area contributed by atoms with E-state index in [0.29, 0.717) is 22.7 Å². The lowest BCUT2D eigenvalue weighted by Gasteiger charge is -2.28. The van der Waals surface area contributed by atoms with Crippen LogP contribution in [0.15, 0.2) is 36.4 Å². The number of aliphatic hydroxyl groups excluding tert-OH is 1. The van der Waals surface area contributed by atoms with Crippen LogP contribution in [0.3, 0.4) is 0 Å². The Labute approximate surface area is 185 Å². The number of halogens is 3. The molecular weight excluding hydrogens is 417 g/mol. The summed E-state index contributed by atoms with van der Waals surface area (Å²) in [6, 6.07) is 8.35. The minimum absolute atomic E-state index is 0.213. The highest BCUT2D eigenvalue weighted by Crippen LogP contribution is 2.45. The maximum Gasteiger partial charge on any atom is 0.209 e. The second kappa shape index (κ2) is 9.77. The Hall–Kier alpha value is -2.80. The van der Waals surface area contributed by atoms with E-state index in [2.05, 4.69) is 4.98 Å². The molecule has 1 unspecified atom stereocenters. The molecule has 1 aliphatic heterocycles. The molecule has 2 N–H and O–H groups in total. The van der Waals surface area contributed by atoms with Crippen molar-refractivity contribution in [3.05, 3.63) is 59.4 Å². The highest BCUT2D eigenvalue weighted by atomic mass is 19.1. The van der Waals surface area contributed by atoms with Crippen molar-refractivity contribution in [3.63, 3.8) is 0 Å². The predicted octanol–water partition coefficient (Wildman–Crippen LogP) is 5.37. The number of benzene rings is 2. The third-order valence-electron chi connectivity index (χ3n) is 6.47. The number of aliphatic hydroxyl groups is 1. The first-order valence-corrected chi connectivity index (χ1v) is 11.1. The van der Waals surface area contributed by atoms with Crippen molar-refractivity contribution in [2.24, 2.45) is 5.92 Å². The van der Waals surface area contributed by atoms with E-state index >= 15 is 0 Å². The number of fused-ring (bicyclic) bond motifs is 1. The maximum absolute atomic E-state index is 14.1. The number of amides is 1. The first kappa shape index (κ1) is 22.4. The zero-order chi connectivity index (χ0) is 22.7. The summed E-state index contributed by atoms with van der Waals surface area (Å²) in [7, 11) is 0. The molecule has 32 heavy (non-hydrogen) atoms. The second-order valence-electron chi connectivity index (χ2n) is 8.65. The summed E-state index contributed by atoms with van der Waals surface area (Å²) in [5.74, 6) is -0.865. The second-order valence-corrected chi connectivity index (χ2v) is 8.65. The summed E-state index contributed by atoms with van der Waals surface area (Å²) in [4.78, 5) is 15.1. The Morgan fingerprint density at radius 1 is 1.03 bits per heavy atom. The van der Waals surface area contributed by atoms with Gasteiger partial charge in [-0.25, -0.2) is 13.2 Å². The van der Waals surface area contributed by atoms with Crippen LogP contribution in [0, 0.1) is 23.4 Å². The van der Waals surface area contributed by atoms with Gasteiger partial charge in [-0.1, -0.05) is 6.42 Å². The number of likely N-dealkylation sites (tertiary alicyclic amines) is 1. The SMILES string of the molecule is Fc1ccc(-c2[nH]c3c(F)cc(F)cc3c2C2CCC2)cc1.O=CN1CCCC(CO)C1. The zero-order valence-electron chi connectivity index (χ0n) is 17.8. The molecule has 1 saturated carbocycles. The average molecular weight is 444 g/mol. The van der Waals surface area contributed by atoms with Gasteiger partial charge < -0.3 is 15.0 Å². The van der Waals surface area contributed by atoms with Crippen LogP contribution in [-0.2, 0) is 4.79 Å². The molecule has 1 atom stereocenters. The number of nitrogens with one attached hydrogen (secondary N) is 1. The summed E-state index contributed by atoms with van der Waals surface area (Å²) in [6.07, 6.45) is 6.10. The quantitative estimate of drug-likeness (QED) is 0.532. The number of rotatable bonds is 4. The highest BCUT2D eigenvalue weighted by molar-refractivity contribution is 5.92. The van der Waals surface area contributed by atoms with Gasteiger partial charge in [0.05, 0.1) is 11.2 Å². The molecule has 2 heterocycles. The number of hydrogen-bond donors (Lipinski definition) is 2. The fourth-order valence-corrected chi connectivity index (χ4v) is 4.55. The fourth-order valence-electron chi connectivity index (χ4n) is 4.55. The zero-order valence-corrected chi connectivity index (χ0v) is 17.8. The van der Waals surface area contributed by atoms with E-state index in [1.165, 1.54) is 18.2 Å². The Balaban J connectivity index is 0.000000207. The first-order chi connectivity index (χ1) is 15.5. The van der Waals surface area contributed by atoms with E-state index < -0.39 is 11.6 Å². The summed E-state index contributed by atoms with van der Waals surface area (Å²) < 4.78 is 40.8. The number of piperidine rings is 1. The molecule has 1 saturated heterocycles. The van der Waals surface area contributed by atoms with Gasteiger partial charge in [0.15, 0.2) is 0 Å². The van der Waals surface area contributed by atoms with Crippen LogP contribution in [0.25, 0.3) is 22.2 Å². The van der Waals surface area contributed by atoms with E-state index in [4.69, 9.17) is 5.11 Å². The van der Waals surface area contributed by atoms with E-state index in [1.54, 1.807) is 17.0 Å². The van der Waals surface area contributed by atoms with E-state index in [0.717, 1.165) is 74.5 Å². The van der Waals surface area contributed by atoms with Gasteiger partial charge in [-0.2, -0.15) is 0 Å². The normalized spacial score (nSPS) is 18.8. The first-order valence-electron chi connectivity index (χ1n) is 11.1. The minimum atomic E-state index is -0.594. The third-order valence-corrected chi connectivity index (χ3v) is 6.47. The van der Waals surface area contributed by atoms with Crippen molar-refractivity contribution in [1.82, 2.24) is 9.88 Å². The number of carbonyl (C=O) groups is 1. The van der Waals surface area contributed by atoms with Crippen LogP contribution in [0.5, 0.6) is 0 Å². The summed E-state index contributed by atoms with van der Waals surface area (Å²) >= 11 is 0. The Kier molecular flexibility index (Phi) is 6.84. The van der Waals surface area contributed by atoms with Gasteiger partial charge in [0, 0.05) is 31.1 Å². The van der Waals surface area contributed by atoms with Gasteiger partial charge in [-0.05, 0) is 79.0 Å². The van der Waals surface area contributed by atoms with Gasteiger partial charge in [0.25, 0.3) is 0 Å². The van der Waals surface area contributed by atoms with Crippen LogP contribution >= 0.6 is 0 Å². The molecule has 2 fully saturated rings. The molecule has 0 radical (unpaired) electrons. The van der Waals surface area contributed by atoms with Crippen LogP contribution < -0.4 is 0 Å². The maximum atomic E-state index is 14.1. The standard InChI is InChI=1S/C18H14F3N.C7H13NO2/c19-12-6-4-11(5-7-12)17-16(10-2-1-3-10)14-8-13(20)9-15(21)18(14)22-17;9-5-7-2-1-3-8(4-7)6-10/h4-10,22H,1-3H2;6-7,9H,1-5H2. The summed E-state index contributed by atoms with van der Waals surface area (Å²) in [5, 5.41) is 9.36. The largest absolute Gasteiger partial charge is 0.396 e. The van der Waals surface area contributed by atoms with Crippen molar-refractivity contribution in [2.45, 2.75) is 38.0 Å². The molecule has 1 amide bonds. The molecule has 7 heteroatoms. The lowest BCUT2D eigenvalue weighted by atomic mass is 9.78. The van der Waals surface area contributed by atoms with Gasteiger partial charge in [-0.15, -0.1) is 0 Å². The van der Waals surface area contributed by atoms with E-state index in [1.807, 2.05) is 0 Å². The molecule has 0 spiro atoms. The Bertz CT molecular complexity index is 1080. The van der Waals surface area contributed by atoms with E-state index in [9.17, 15) is 18.0 Å². The highest BCUT2D eigenvalue weighted by Gasteiger charge is 2.27. The molecule has 170 valence electrons. The van der Waals surface area contributed by atoms with Gasteiger partial charge in [0.1, 0.15) is 17.5 Å². The monoisotopic (exact) mass is 444 g/mol. The number of aromatic nitrogens is 1. The molecule has 1 aromatic heterocycles. The molecule has 1 aliphatic carbocycles.